The number of esters is 2. The van der Waals surface area contributed by atoms with Gasteiger partial charge < -0.3 is 27.9 Å². The van der Waals surface area contributed by atoms with Gasteiger partial charge in [0.2, 0.25) is 0 Å². The number of hydrogen-bond acceptors (Lipinski definition) is 8. The molecule has 0 heterocycles. The Balaban J connectivity index is 3.88. The van der Waals surface area contributed by atoms with Crippen molar-refractivity contribution in [2.45, 2.75) is 373 Å². The first-order chi connectivity index (χ1) is 39.5. The van der Waals surface area contributed by atoms with Crippen LogP contribution in [0.5, 0.6) is 0 Å². The summed E-state index contributed by atoms with van der Waals surface area (Å²) in [6.45, 7) is 4.30. The van der Waals surface area contributed by atoms with Gasteiger partial charge in [-0.15, -0.1) is 0 Å². The zero-order chi connectivity index (χ0) is 59.1. The molecule has 0 aromatic heterocycles. The van der Waals surface area contributed by atoms with E-state index >= 15 is 0 Å². The predicted molar refractivity (Wildman–Crippen MR) is 347 cm³/mol. The standard InChI is InChI=1S/C71H138NO8P/c1-6-8-10-12-14-16-18-20-22-24-26-27-28-29-30-31-32-33-34-35-36-37-38-39-40-41-42-43-44-45-46-48-50-52-54-56-58-60-62-64-71(74)80-69(68-79-81(75,76)78-66-65-72(3,4)5)67-77-70(73)63-61-59-57-55-53-51-49-47-25-23-21-19-17-15-13-11-9-7-2/h23-26,69H,6-22,27-68H2,1-5H3/b25-23-,26-24-. The Morgan fingerprint density at radius 2 is 0.630 bits per heavy atom. The van der Waals surface area contributed by atoms with E-state index in [-0.39, 0.29) is 32.0 Å². The number of nitrogens with zero attached hydrogens (tertiary/aromatic N) is 1. The highest BCUT2D eigenvalue weighted by molar-refractivity contribution is 7.45. The Hall–Kier alpha value is -1.51. The van der Waals surface area contributed by atoms with Crippen LogP contribution in [0, 0.1) is 0 Å². The number of quaternary nitrogens is 1. The van der Waals surface area contributed by atoms with E-state index in [4.69, 9.17) is 18.5 Å². The highest BCUT2D eigenvalue weighted by Gasteiger charge is 2.22. The van der Waals surface area contributed by atoms with Gasteiger partial charge >= 0.3 is 11.9 Å². The third-order valence-corrected chi connectivity index (χ3v) is 17.2. The lowest BCUT2D eigenvalue weighted by Gasteiger charge is -2.28. The molecule has 2 unspecified atom stereocenters. The summed E-state index contributed by atoms with van der Waals surface area (Å²) in [6.07, 6.45) is 78.6. The maximum Gasteiger partial charge on any atom is 0.306 e. The van der Waals surface area contributed by atoms with Crippen LogP contribution in [0.2, 0.25) is 0 Å². The van der Waals surface area contributed by atoms with Gasteiger partial charge in [-0.2, -0.15) is 0 Å². The summed E-state index contributed by atoms with van der Waals surface area (Å²) < 4.78 is 34.3. The second kappa shape index (κ2) is 63.0. The number of carbonyl (C=O) groups excluding carboxylic acids is 2. The molecule has 0 aromatic carbocycles. The fourth-order valence-electron chi connectivity index (χ4n) is 10.7. The van der Waals surface area contributed by atoms with Crippen molar-refractivity contribution in [3.63, 3.8) is 0 Å². The first-order valence-electron chi connectivity index (χ1n) is 35.5. The molecule has 0 radical (unpaired) electrons. The lowest BCUT2D eigenvalue weighted by Crippen LogP contribution is -2.37. The topological polar surface area (TPSA) is 111 Å². The second-order valence-corrected chi connectivity index (χ2v) is 27.0. The van der Waals surface area contributed by atoms with Crippen LogP contribution in [0.4, 0.5) is 0 Å². The number of hydrogen-bond donors (Lipinski definition) is 0. The van der Waals surface area contributed by atoms with Crippen LogP contribution < -0.4 is 4.89 Å². The van der Waals surface area contributed by atoms with E-state index in [9.17, 15) is 19.0 Å². The summed E-state index contributed by atoms with van der Waals surface area (Å²) in [7, 11) is 1.18. The molecule has 0 amide bonds. The average molecular weight is 1160 g/mol. The summed E-state index contributed by atoms with van der Waals surface area (Å²) in [5.41, 5.74) is 0. The Labute approximate surface area is 504 Å². The van der Waals surface area contributed by atoms with Crippen LogP contribution in [0.1, 0.15) is 367 Å². The Morgan fingerprint density at radius 3 is 0.914 bits per heavy atom. The highest BCUT2D eigenvalue weighted by atomic mass is 31.2. The number of likely N-dealkylation sites (N-methyl/N-ethyl adjacent to an activating group) is 1. The first kappa shape index (κ1) is 79.5. The van der Waals surface area contributed by atoms with Gasteiger partial charge in [-0.05, 0) is 64.2 Å². The molecule has 0 spiro atoms. The smallest absolute Gasteiger partial charge is 0.306 e. The normalized spacial score (nSPS) is 13.2. The van der Waals surface area contributed by atoms with Crippen molar-refractivity contribution in [2.75, 3.05) is 47.5 Å². The summed E-state index contributed by atoms with van der Waals surface area (Å²) in [5.74, 6) is -0.818. The molecule has 0 fully saturated rings. The Bertz CT molecular complexity index is 1420. The van der Waals surface area contributed by atoms with Gasteiger partial charge in [-0.25, -0.2) is 0 Å². The fraction of sp³-hybridized carbons (Fsp3) is 0.915. The molecule has 0 rings (SSSR count). The monoisotopic (exact) mass is 1160 g/mol. The number of phosphoric acid groups is 1. The minimum Gasteiger partial charge on any atom is -0.756 e. The largest absolute Gasteiger partial charge is 0.756 e. The highest BCUT2D eigenvalue weighted by Crippen LogP contribution is 2.38. The molecule has 0 saturated heterocycles. The number of rotatable bonds is 67. The maximum atomic E-state index is 12.8. The first-order valence-corrected chi connectivity index (χ1v) is 37.0. The van der Waals surface area contributed by atoms with E-state index in [0.29, 0.717) is 17.4 Å². The molecule has 0 aliphatic rings. The number of allylic oxidation sites excluding steroid dienone is 4. The van der Waals surface area contributed by atoms with Gasteiger partial charge in [0.05, 0.1) is 27.7 Å². The van der Waals surface area contributed by atoms with Gasteiger partial charge in [0.25, 0.3) is 7.82 Å². The Morgan fingerprint density at radius 1 is 0.370 bits per heavy atom. The minimum atomic E-state index is -4.64. The maximum absolute atomic E-state index is 12.8. The minimum absolute atomic E-state index is 0.0282. The SMILES string of the molecule is CCCCCCCCC/C=C\CCCCCCCCCC(=O)OCC(COP(=O)([O-])OCC[N+](C)(C)C)OC(=O)CCCCCCCCCCCCCCCCCCCCCCCCCCCCC/C=C\CCCCCCCCCC. The van der Waals surface area contributed by atoms with E-state index < -0.39 is 26.5 Å². The van der Waals surface area contributed by atoms with E-state index in [1.54, 1.807) is 0 Å². The van der Waals surface area contributed by atoms with Crippen LogP contribution in [0.25, 0.3) is 0 Å². The molecule has 0 aliphatic carbocycles. The van der Waals surface area contributed by atoms with Crippen LogP contribution >= 0.6 is 7.82 Å². The van der Waals surface area contributed by atoms with E-state index in [1.807, 2.05) is 21.1 Å². The zero-order valence-corrected chi connectivity index (χ0v) is 55.7. The fourth-order valence-corrected chi connectivity index (χ4v) is 11.4. The lowest BCUT2D eigenvalue weighted by molar-refractivity contribution is -0.870. The van der Waals surface area contributed by atoms with Crippen molar-refractivity contribution < 1.29 is 42.1 Å². The quantitative estimate of drug-likeness (QED) is 0.0195. The Kier molecular flexibility index (Phi) is 61.8. The molecular formula is C71H138NO8P. The molecule has 0 aliphatic heterocycles. The van der Waals surface area contributed by atoms with Crippen LogP contribution in [0.3, 0.4) is 0 Å². The molecule has 0 bridgehead atoms. The van der Waals surface area contributed by atoms with Crippen LogP contribution in [-0.2, 0) is 32.7 Å². The second-order valence-electron chi connectivity index (χ2n) is 25.6. The molecule has 0 aromatic rings. The number of ether oxygens (including phenoxy) is 2. The number of carbonyl (C=O) groups is 2. The zero-order valence-electron chi connectivity index (χ0n) is 54.8. The number of phosphoric ester groups is 1. The third kappa shape index (κ3) is 67.5. The van der Waals surface area contributed by atoms with E-state index in [2.05, 4.69) is 38.2 Å². The van der Waals surface area contributed by atoms with Crippen LogP contribution in [0.15, 0.2) is 24.3 Å². The molecule has 9 nitrogen and oxygen atoms in total. The van der Waals surface area contributed by atoms with Crippen molar-refractivity contribution in [1.29, 1.82) is 0 Å². The average Bonchev–Trinajstić information content (AvgIpc) is 3.43. The molecule has 0 N–H and O–H groups in total. The van der Waals surface area contributed by atoms with Gasteiger partial charge in [0.1, 0.15) is 19.8 Å². The van der Waals surface area contributed by atoms with Crippen molar-refractivity contribution in [2.24, 2.45) is 0 Å². The molecule has 2 atom stereocenters. The summed E-state index contributed by atoms with van der Waals surface area (Å²) in [6, 6.07) is 0. The van der Waals surface area contributed by atoms with Gasteiger partial charge in [-0.3, -0.25) is 14.2 Å². The van der Waals surface area contributed by atoms with Gasteiger partial charge in [0.15, 0.2) is 6.10 Å². The number of unbranched alkanes of at least 4 members (excludes halogenated alkanes) is 49. The summed E-state index contributed by atoms with van der Waals surface area (Å²) >= 11 is 0. The van der Waals surface area contributed by atoms with Crippen molar-refractivity contribution in [3.8, 4) is 0 Å². The molecule has 10 heteroatoms. The third-order valence-electron chi connectivity index (χ3n) is 16.2. The predicted octanol–water partition coefficient (Wildman–Crippen LogP) is 22.3. The molecule has 81 heavy (non-hydrogen) atoms. The van der Waals surface area contributed by atoms with Crippen molar-refractivity contribution in [1.82, 2.24) is 0 Å². The van der Waals surface area contributed by atoms with Crippen molar-refractivity contribution >= 4 is 19.8 Å². The lowest BCUT2D eigenvalue weighted by atomic mass is 10.0. The van der Waals surface area contributed by atoms with E-state index in [0.717, 1.165) is 38.5 Å². The van der Waals surface area contributed by atoms with E-state index in [1.165, 1.54) is 295 Å². The van der Waals surface area contributed by atoms with Crippen LogP contribution in [-0.4, -0.2) is 70.0 Å². The van der Waals surface area contributed by atoms with Gasteiger partial charge in [0, 0.05) is 12.8 Å². The molecule has 480 valence electrons. The summed E-state index contributed by atoms with van der Waals surface area (Å²) in [5, 5.41) is 0. The van der Waals surface area contributed by atoms with Gasteiger partial charge in [-0.1, -0.05) is 314 Å². The summed E-state index contributed by atoms with van der Waals surface area (Å²) in [4.78, 5) is 38.0. The molecular weight excluding hydrogens is 1030 g/mol. The van der Waals surface area contributed by atoms with Crippen molar-refractivity contribution in [3.05, 3.63) is 24.3 Å². The molecule has 0 saturated carbocycles.